The van der Waals surface area contributed by atoms with Crippen LogP contribution in [0.1, 0.15) is 44.7 Å². The summed E-state index contributed by atoms with van der Waals surface area (Å²) in [5.74, 6) is 1.07. The number of aromatic nitrogens is 6. The second-order valence-electron chi connectivity index (χ2n) is 8.25. The van der Waals surface area contributed by atoms with E-state index in [4.69, 9.17) is 4.74 Å². The van der Waals surface area contributed by atoms with Crippen LogP contribution < -0.4 is 15.5 Å². The molecule has 12 nitrogen and oxygen atoms in total. The van der Waals surface area contributed by atoms with Gasteiger partial charge in [-0.1, -0.05) is 0 Å². The van der Waals surface area contributed by atoms with Crippen LogP contribution in [-0.4, -0.2) is 67.9 Å². The van der Waals surface area contributed by atoms with Gasteiger partial charge in [0, 0.05) is 25.1 Å². The molecule has 0 spiro atoms. The fourth-order valence-corrected chi connectivity index (χ4v) is 3.87. The second kappa shape index (κ2) is 9.20. The Morgan fingerprint density at radius 2 is 2.12 bits per heavy atom. The van der Waals surface area contributed by atoms with Crippen molar-refractivity contribution in [2.75, 3.05) is 23.8 Å². The van der Waals surface area contributed by atoms with Gasteiger partial charge in [-0.2, -0.15) is 5.10 Å². The summed E-state index contributed by atoms with van der Waals surface area (Å²) in [6.07, 6.45) is 4.80. The van der Waals surface area contributed by atoms with Crippen LogP contribution in [0.5, 0.6) is 0 Å². The fourth-order valence-electron chi connectivity index (χ4n) is 3.87. The number of imidazole rings is 1. The number of nitrogens with zero attached hydrogens (tertiary/aromatic N) is 5. The monoisotopic (exact) mass is 441 g/mol. The molecule has 4 N–H and O–H groups in total. The van der Waals surface area contributed by atoms with Gasteiger partial charge in [0.05, 0.1) is 18.6 Å². The first-order valence-electron chi connectivity index (χ1n) is 10.6. The van der Waals surface area contributed by atoms with Crippen molar-refractivity contribution >= 4 is 34.8 Å². The van der Waals surface area contributed by atoms with Crippen molar-refractivity contribution in [1.29, 1.82) is 0 Å². The van der Waals surface area contributed by atoms with E-state index in [9.17, 15) is 9.59 Å². The summed E-state index contributed by atoms with van der Waals surface area (Å²) in [6.45, 7) is 3.87. The topological polar surface area (TPSA) is 154 Å². The van der Waals surface area contributed by atoms with E-state index in [-0.39, 0.29) is 36.6 Å². The predicted molar refractivity (Wildman–Crippen MR) is 117 cm³/mol. The number of rotatable bonds is 7. The zero-order chi connectivity index (χ0) is 22.7. The smallest absolute Gasteiger partial charge is 0.407 e. The van der Waals surface area contributed by atoms with E-state index in [1.54, 1.807) is 11.9 Å². The van der Waals surface area contributed by atoms with E-state index in [1.165, 1.54) is 12.7 Å². The molecule has 0 unspecified atom stereocenters. The third-order valence-corrected chi connectivity index (χ3v) is 5.30. The molecule has 32 heavy (non-hydrogen) atoms. The van der Waals surface area contributed by atoms with Gasteiger partial charge in [-0.3, -0.25) is 9.89 Å². The SMILES string of the molecule is CC(C)NC(=O)O[C@H]1CC[C@@H](c2cc(NC(=O)CN(C)c3ncnc4nc[nH]c34)[nH]n2)C1. The number of amides is 2. The molecule has 1 aliphatic rings. The molecule has 1 aliphatic carbocycles. The summed E-state index contributed by atoms with van der Waals surface area (Å²) in [4.78, 5) is 41.5. The Labute approximate surface area is 184 Å². The molecule has 0 saturated heterocycles. The number of anilines is 2. The summed E-state index contributed by atoms with van der Waals surface area (Å²) in [5.41, 5.74) is 2.06. The molecular formula is C20H27N9O3. The second-order valence-corrected chi connectivity index (χ2v) is 8.25. The largest absolute Gasteiger partial charge is 0.446 e. The Kier molecular flexibility index (Phi) is 6.19. The molecule has 2 amide bonds. The summed E-state index contributed by atoms with van der Waals surface area (Å²) in [6, 6.07) is 1.87. The van der Waals surface area contributed by atoms with Gasteiger partial charge in [-0.05, 0) is 33.1 Å². The lowest BCUT2D eigenvalue weighted by Gasteiger charge is -2.17. The quantitative estimate of drug-likeness (QED) is 0.434. The standard InChI is InChI=1S/C20H27N9O3/c1-11(2)25-20(31)32-13-5-4-12(6-13)14-7-15(28-27-14)26-16(30)8-29(3)19-17-18(22-9-21-17)23-10-24-19/h7,9-13H,4-6,8H2,1-3H3,(H,25,31)(H,21,22,23,24)(H2,26,27,28,30)/t12-,13+/m1/s1. The Balaban J connectivity index is 1.30. The average molecular weight is 441 g/mol. The van der Waals surface area contributed by atoms with Crippen LogP contribution in [0.25, 0.3) is 11.2 Å². The van der Waals surface area contributed by atoms with E-state index in [1.807, 2.05) is 19.9 Å². The lowest BCUT2D eigenvalue weighted by atomic mass is 10.0. The summed E-state index contributed by atoms with van der Waals surface area (Å²) < 4.78 is 5.48. The van der Waals surface area contributed by atoms with Crippen molar-refractivity contribution in [2.45, 2.75) is 51.2 Å². The van der Waals surface area contributed by atoms with Crippen molar-refractivity contribution in [3.05, 3.63) is 24.4 Å². The third-order valence-electron chi connectivity index (χ3n) is 5.30. The minimum absolute atomic E-state index is 0.0381. The van der Waals surface area contributed by atoms with Crippen LogP contribution in [-0.2, 0) is 9.53 Å². The molecular weight excluding hydrogens is 414 g/mol. The zero-order valence-corrected chi connectivity index (χ0v) is 18.3. The number of alkyl carbamates (subject to hydrolysis) is 1. The van der Waals surface area contributed by atoms with Crippen molar-refractivity contribution in [3.8, 4) is 0 Å². The van der Waals surface area contributed by atoms with Gasteiger partial charge in [0.2, 0.25) is 5.91 Å². The van der Waals surface area contributed by atoms with Crippen molar-refractivity contribution in [1.82, 2.24) is 35.5 Å². The molecule has 3 aromatic heterocycles. The Bertz CT molecular complexity index is 1090. The zero-order valence-electron chi connectivity index (χ0n) is 18.3. The minimum Gasteiger partial charge on any atom is -0.446 e. The first-order valence-corrected chi connectivity index (χ1v) is 10.6. The molecule has 0 radical (unpaired) electrons. The van der Waals surface area contributed by atoms with Gasteiger partial charge in [0.25, 0.3) is 0 Å². The molecule has 3 heterocycles. The molecule has 0 bridgehead atoms. The molecule has 1 saturated carbocycles. The first-order chi connectivity index (χ1) is 15.4. The van der Waals surface area contributed by atoms with Crippen LogP contribution >= 0.6 is 0 Å². The van der Waals surface area contributed by atoms with Crippen LogP contribution in [0.3, 0.4) is 0 Å². The molecule has 0 aromatic carbocycles. The maximum Gasteiger partial charge on any atom is 0.407 e. The highest BCUT2D eigenvalue weighted by Gasteiger charge is 2.30. The van der Waals surface area contributed by atoms with Gasteiger partial charge in [-0.25, -0.2) is 19.7 Å². The van der Waals surface area contributed by atoms with Gasteiger partial charge < -0.3 is 25.3 Å². The summed E-state index contributed by atoms with van der Waals surface area (Å²) in [5, 5.41) is 12.8. The maximum atomic E-state index is 12.5. The minimum atomic E-state index is -0.388. The Morgan fingerprint density at radius 3 is 2.94 bits per heavy atom. The number of hydrogen-bond acceptors (Lipinski definition) is 8. The van der Waals surface area contributed by atoms with E-state index in [0.717, 1.165) is 18.5 Å². The number of fused-ring (bicyclic) bond motifs is 1. The van der Waals surface area contributed by atoms with Crippen LogP contribution in [0.4, 0.5) is 16.4 Å². The van der Waals surface area contributed by atoms with Crippen molar-refractivity contribution in [3.63, 3.8) is 0 Å². The molecule has 4 rings (SSSR count). The van der Waals surface area contributed by atoms with Crippen LogP contribution in [0.15, 0.2) is 18.7 Å². The molecule has 2 atom stereocenters. The third kappa shape index (κ3) is 4.95. The van der Waals surface area contributed by atoms with Crippen LogP contribution in [0, 0.1) is 0 Å². The number of carbonyl (C=O) groups excluding carboxylic acids is 2. The highest BCUT2D eigenvalue weighted by atomic mass is 16.6. The van der Waals surface area contributed by atoms with E-state index < -0.39 is 0 Å². The number of ether oxygens (including phenoxy) is 1. The molecule has 1 fully saturated rings. The molecule has 3 aromatic rings. The predicted octanol–water partition coefficient (Wildman–Crippen LogP) is 1.92. The lowest BCUT2D eigenvalue weighted by molar-refractivity contribution is -0.114. The number of aromatic amines is 2. The van der Waals surface area contributed by atoms with E-state index in [2.05, 4.69) is 40.8 Å². The van der Waals surface area contributed by atoms with Gasteiger partial charge in [0.15, 0.2) is 11.5 Å². The van der Waals surface area contributed by atoms with Crippen molar-refractivity contribution in [2.24, 2.45) is 0 Å². The number of likely N-dealkylation sites (N-methyl/N-ethyl adjacent to an activating group) is 1. The summed E-state index contributed by atoms with van der Waals surface area (Å²) >= 11 is 0. The number of hydrogen-bond donors (Lipinski definition) is 4. The molecule has 12 heteroatoms. The number of nitrogens with one attached hydrogen (secondary N) is 4. The lowest BCUT2D eigenvalue weighted by Crippen LogP contribution is -2.33. The first kappa shape index (κ1) is 21.5. The van der Waals surface area contributed by atoms with Gasteiger partial charge in [0.1, 0.15) is 23.8 Å². The van der Waals surface area contributed by atoms with E-state index in [0.29, 0.717) is 29.2 Å². The molecule has 170 valence electrons. The van der Waals surface area contributed by atoms with Gasteiger partial charge in [-0.15, -0.1) is 0 Å². The summed E-state index contributed by atoms with van der Waals surface area (Å²) in [7, 11) is 1.77. The number of carbonyl (C=O) groups is 2. The highest BCUT2D eigenvalue weighted by molar-refractivity contribution is 5.94. The highest BCUT2D eigenvalue weighted by Crippen LogP contribution is 2.35. The van der Waals surface area contributed by atoms with Crippen LogP contribution in [0.2, 0.25) is 0 Å². The van der Waals surface area contributed by atoms with Crippen molar-refractivity contribution < 1.29 is 14.3 Å². The van der Waals surface area contributed by atoms with Gasteiger partial charge >= 0.3 is 6.09 Å². The maximum absolute atomic E-state index is 12.5. The average Bonchev–Trinajstić information content (AvgIpc) is 3.47. The van der Waals surface area contributed by atoms with E-state index >= 15 is 0 Å². The molecule has 0 aliphatic heterocycles. The number of H-pyrrole nitrogens is 2. The fraction of sp³-hybridized carbons (Fsp3) is 0.500. The Morgan fingerprint density at radius 1 is 1.28 bits per heavy atom. The Hall–Kier alpha value is -3.70. The normalized spacial score (nSPS) is 18.1.